The second-order valence-electron chi connectivity index (χ2n) is 8.49. The maximum absolute atomic E-state index is 13.1. The van der Waals surface area contributed by atoms with Crippen LogP contribution in [0.3, 0.4) is 0 Å². The zero-order valence-electron chi connectivity index (χ0n) is 17.5. The smallest absolute Gasteiger partial charge is 0.229 e. The van der Waals surface area contributed by atoms with E-state index in [1.807, 2.05) is 24.3 Å². The van der Waals surface area contributed by atoms with Gasteiger partial charge in [-0.3, -0.25) is 4.79 Å². The maximum Gasteiger partial charge on any atom is 0.229 e. The van der Waals surface area contributed by atoms with Gasteiger partial charge in [-0.2, -0.15) is 0 Å². The van der Waals surface area contributed by atoms with E-state index in [1.165, 1.54) is 5.56 Å². The Labute approximate surface area is 187 Å². The molecule has 1 amide bonds. The number of amides is 1. The van der Waals surface area contributed by atoms with Gasteiger partial charge in [0, 0.05) is 29.1 Å². The maximum atomic E-state index is 13.1. The molecule has 160 valence electrons. The topological polar surface area (TPSA) is 47.6 Å². The first-order valence-corrected chi connectivity index (χ1v) is 11.1. The van der Waals surface area contributed by atoms with Gasteiger partial charge in [0.25, 0.3) is 0 Å². The number of ether oxygens (including phenoxy) is 2. The van der Waals surface area contributed by atoms with E-state index in [-0.39, 0.29) is 29.7 Å². The van der Waals surface area contributed by atoms with Crippen molar-refractivity contribution >= 4 is 29.1 Å². The molecule has 2 aromatic rings. The molecule has 2 aliphatic rings. The lowest BCUT2D eigenvalue weighted by atomic mass is 9.55. The molecule has 0 radical (unpaired) electrons. The number of rotatable bonds is 5. The summed E-state index contributed by atoms with van der Waals surface area (Å²) >= 11 is 12.9. The Balaban J connectivity index is 1.85. The summed E-state index contributed by atoms with van der Waals surface area (Å²) in [5.74, 6) is 1.20. The number of fused-ring (bicyclic) bond motifs is 1. The Bertz CT molecular complexity index is 933. The van der Waals surface area contributed by atoms with Crippen LogP contribution in [-0.4, -0.2) is 32.8 Å². The third-order valence-electron chi connectivity index (χ3n) is 6.97. The van der Waals surface area contributed by atoms with E-state index in [4.69, 9.17) is 32.7 Å². The number of hydrogen-bond donors (Lipinski definition) is 1. The number of carbonyl (C=O) groups is 1. The third kappa shape index (κ3) is 3.49. The van der Waals surface area contributed by atoms with Crippen molar-refractivity contribution in [3.63, 3.8) is 0 Å². The summed E-state index contributed by atoms with van der Waals surface area (Å²) in [7, 11) is 3.31. The van der Waals surface area contributed by atoms with Gasteiger partial charge in [-0.1, -0.05) is 41.4 Å². The minimum atomic E-state index is -0.534. The summed E-state index contributed by atoms with van der Waals surface area (Å²) in [6, 6.07) is 13.9. The lowest BCUT2D eigenvalue weighted by Crippen LogP contribution is -2.47. The van der Waals surface area contributed by atoms with Gasteiger partial charge in [0.15, 0.2) is 0 Å². The SMILES string of the molecule is COC[C@@]12CC[C@@H](c3ccc(OC)cc3Cl)[C@H](c3ccc(Cl)cc3)[C@@H]1[C@@H](C)NC2=O. The second kappa shape index (κ2) is 8.41. The molecule has 1 saturated carbocycles. The predicted molar refractivity (Wildman–Crippen MR) is 120 cm³/mol. The Morgan fingerprint density at radius 3 is 2.50 bits per heavy atom. The number of benzene rings is 2. The highest BCUT2D eigenvalue weighted by molar-refractivity contribution is 6.31. The third-order valence-corrected chi connectivity index (χ3v) is 7.55. The second-order valence-corrected chi connectivity index (χ2v) is 9.33. The van der Waals surface area contributed by atoms with E-state index >= 15 is 0 Å². The average Bonchev–Trinajstić information content (AvgIpc) is 2.98. The Morgan fingerprint density at radius 2 is 1.87 bits per heavy atom. The number of hydrogen-bond acceptors (Lipinski definition) is 3. The van der Waals surface area contributed by atoms with Crippen molar-refractivity contribution in [2.75, 3.05) is 20.8 Å². The van der Waals surface area contributed by atoms with Crippen molar-refractivity contribution in [1.29, 1.82) is 0 Å². The van der Waals surface area contributed by atoms with E-state index < -0.39 is 5.41 Å². The molecule has 1 saturated heterocycles. The normalized spacial score (nSPS) is 30.6. The van der Waals surface area contributed by atoms with Gasteiger partial charge >= 0.3 is 0 Å². The molecule has 0 aromatic heterocycles. The van der Waals surface area contributed by atoms with E-state index in [0.29, 0.717) is 16.7 Å². The molecule has 6 heteroatoms. The van der Waals surface area contributed by atoms with E-state index in [9.17, 15) is 4.79 Å². The fourth-order valence-electron chi connectivity index (χ4n) is 5.75. The van der Waals surface area contributed by atoms with Crippen molar-refractivity contribution < 1.29 is 14.3 Å². The largest absolute Gasteiger partial charge is 0.497 e. The van der Waals surface area contributed by atoms with Crippen molar-refractivity contribution in [2.24, 2.45) is 11.3 Å². The van der Waals surface area contributed by atoms with Crippen molar-refractivity contribution in [1.82, 2.24) is 5.32 Å². The van der Waals surface area contributed by atoms with Crippen molar-refractivity contribution in [3.8, 4) is 5.75 Å². The molecular weight excluding hydrogens is 421 g/mol. The fourth-order valence-corrected chi connectivity index (χ4v) is 6.19. The Hall–Kier alpha value is -1.75. The number of methoxy groups -OCH3 is 2. The number of nitrogens with one attached hydrogen (secondary N) is 1. The summed E-state index contributed by atoms with van der Waals surface area (Å²) in [5.41, 5.74) is 1.73. The predicted octanol–water partition coefficient (Wildman–Crippen LogP) is 5.43. The van der Waals surface area contributed by atoms with E-state index in [0.717, 1.165) is 24.2 Å². The lowest BCUT2D eigenvalue weighted by molar-refractivity contribution is -0.135. The molecule has 0 bridgehead atoms. The molecule has 2 fully saturated rings. The first kappa shape index (κ1) is 21.5. The van der Waals surface area contributed by atoms with Crippen LogP contribution in [0.15, 0.2) is 42.5 Å². The molecule has 4 nitrogen and oxygen atoms in total. The molecule has 30 heavy (non-hydrogen) atoms. The number of halogens is 2. The van der Waals surface area contributed by atoms with Gasteiger partial charge in [-0.25, -0.2) is 0 Å². The van der Waals surface area contributed by atoms with Crippen LogP contribution in [0.2, 0.25) is 10.0 Å². The lowest BCUT2D eigenvalue weighted by Gasteiger charge is -2.47. The minimum absolute atomic E-state index is 0.0353. The summed E-state index contributed by atoms with van der Waals surface area (Å²) in [6.07, 6.45) is 1.61. The van der Waals surface area contributed by atoms with Crippen molar-refractivity contribution in [2.45, 2.75) is 37.6 Å². The van der Waals surface area contributed by atoms with Crippen molar-refractivity contribution in [3.05, 3.63) is 63.6 Å². The molecule has 1 aliphatic heterocycles. The Kier molecular flexibility index (Phi) is 6.02. The van der Waals surface area contributed by atoms with Gasteiger partial charge in [0.2, 0.25) is 5.91 Å². The van der Waals surface area contributed by atoms with Crippen LogP contribution in [0.5, 0.6) is 5.75 Å². The molecule has 2 aromatic carbocycles. The minimum Gasteiger partial charge on any atom is -0.497 e. The molecule has 1 aliphatic carbocycles. The van der Waals surface area contributed by atoms with Gasteiger partial charge < -0.3 is 14.8 Å². The quantitative estimate of drug-likeness (QED) is 0.664. The number of carbonyl (C=O) groups excluding carboxylic acids is 1. The van der Waals surface area contributed by atoms with Gasteiger partial charge in [0.1, 0.15) is 5.75 Å². The molecule has 0 spiro atoms. The van der Waals surface area contributed by atoms with E-state index in [2.05, 4.69) is 30.4 Å². The van der Waals surface area contributed by atoms with Gasteiger partial charge in [-0.05, 0) is 67.0 Å². The highest BCUT2D eigenvalue weighted by Gasteiger charge is 2.60. The molecular formula is C24H27Cl2NO3. The first-order chi connectivity index (χ1) is 14.4. The molecule has 0 unspecified atom stereocenters. The van der Waals surface area contributed by atoms with Crippen LogP contribution in [0.4, 0.5) is 0 Å². The van der Waals surface area contributed by atoms with E-state index in [1.54, 1.807) is 14.2 Å². The zero-order chi connectivity index (χ0) is 21.5. The van der Waals surface area contributed by atoms with Crippen LogP contribution in [0.25, 0.3) is 0 Å². The van der Waals surface area contributed by atoms with Gasteiger partial charge in [-0.15, -0.1) is 0 Å². The molecule has 5 atom stereocenters. The summed E-state index contributed by atoms with van der Waals surface area (Å²) < 4.78 is 10.9. The molecule has 1 heterocycles. The standard InChI is InChI=1S/C24H27Cl2NO3/c1-14-22-21(15-4-6-16(25)7-5-15)19(18-9-8-17(30-3)12-20(18)26)10-11-24(22,13-29-2)23(28)27-14/h4-9,12,14,19,21-22H,10-11,13H2,1-3H3,(H,27,28)/t14-,19+,21+,22+,24+/m1/s1. The van der Waals surface area contributed by atoms with Crippen LogP contribution in [0, 0.1) is 11.3 Å². The Morgan fingerprint density at radius 1 is 1.13 bits per heavy atom. The van der Waals surface area contributed by atoms with Crippen LogP contribution in [0.1, 0.15) is 42.7 Å². The monoisotopic (exact) mass is 447 g/mol. The summed E-state index contributed by atoms with van der Waals surface area (Å²) in [5, 5.41) is 4.60. The van der Waals surface area contributed by atoms with Gasteiger partial charge in [0.05, 0.1) is 19.1 Å². The first-order valence-electron chi connectivity index (χ1n) is 10.3. The highest BCUT2D eigenvalue weighted by Crippen LogP contribution is 2.59. The summed E-state index contributed by atoms with van der Waals surface area (Å²) in [4.78, 5) is 13.1. The zero-order valence-corrected chi connectivity index (χ0v) is 19.0. The van der Waals surface area contributed by atoms with Crippen LogP contribution in [-0.2, 0) is 9.53 Å². The fraction of sp³-hybridized carbons (Fsp3) is 0.458. The molecule has 4 rings (SSSR count). The average molecular weight is 448 g/mol. The summed E-state index contributed by atoms with van der Waals surface area (Å²) in [6.45, 7) is 2.52. The van der Waals surface area contributed by atoms with Crippen LogP contribution >= 0.6 is 23.2 Å². The molecule has 1 N–H and O–H groups in total. The van der Waals surface area contributed by atoms with Crippen LogP contribution < -0.4 is 10.1 Å². The highest BCUT2D eigenvalue weighted by atomic mass is 35.5.